The van der Waals surface area contributed by atoms with Crippen LogP contribution in [0.1, 0.15) is 69.1 Å². The summed E-state index contributed by atoms with van der Waals surface area (Å²) in [6.45, 7) is 3.96. The van der Waals surface area contributed by atoms with E-state index in [1.165, 1.54) is 55.2 Å². The molecule has 33 heavy (non-hydrogen) atoms. The number of hydrogen-bond acceptors (Lipinski definition) is 4. The van der Waals surface area contributed by atoms with Gasteiger partial charge in [0.2, 0.25) is 0 Å². The van der Waals surface area contributed by atoms with Crippen LogP contribution >= 0.6 is 0 Å². The number of hydrogen-bond donors (Lipinski definition) is 1. The molecule has 0 aliphatic heterocycles. The van der Waals surface area contributed by atoms with Gasteiger partial charge in [-0.1, -0.05) is 24.3 Å². The highest BCUT2D eigenvalue weighted by Gasteiger charge is 2.52. The largest absolute Gasteiger partial charge is 0.508 e. The number of aromatic hydroxyl groups is 1. The van der Waals surface area contributed by atoms with Gasteiger partial charge in [0, 0.05) is 12.7 Å². The Morgan fingerprint density at radius 3 is 2.24 bits per heavy atom. The molecule has 2 aromatic rings. The molecule has 0 heterocycles. The average molecular weight is 449 g/mol. The molecule has 6 rings (SSSR count). The number of allylic oxidation sites excluding steroid dienone is 1. The van der Waals surface area contributed by atoms with E-state index >= 15 is 0 Å². The molecule has 4 aliphatic carbocycles. The summed E-state index contributed by atoms with van der Waals surface area (Å²) in [6, 6.07) is 14.0. The third-order valence-electron chi connectivity index (χ3n) is 8.04. The first-order valence-electron chi connectivity index (χ1n) is 12.4. The van der Waals surface area contributed by atoms with Gasteiger partial charge in [-0.25, -0.2) is 0 Å². The lowest BCUT2D eigenvalue weighted by Crippen LogP contribution is -2.48. The smallest absolute Gasteiger partial charge is 0.315 e. The molecule has 0 amide bonds. The molecule has 0 radical (unpaired) electrons. The van der Waals surface area contributed by atoms with Gasteiger partial charge in [-0.2, -0.15) is 0 Å². The number of rotatable bonds is 8. The van der Waals surface area contributed by atoms with Crippen LogP contribution < -0.4 is 4.74 Å². The fourth-order valence-electron chi connectivity index (χ4n) is 7.03. The SMILES string of the molecule is CCOC(OC)Oc1ccc(C(C)=Cc2ccc(O)cc2)cc1C12CC3CC(CC(C3)C1)C2. The predicted molar refractivity (Wildman–Crippen MR) is 131 cm³/mol. The fourth-order valence-corrected chi connectivity index (χ4v) is 7.03. The van der Waals surface area contributed by atoms with Crippen LogP contribution in [-0.2, 0) is 14.9 Å². The standard InChI is InChI=1S/C29H36O4/c1-4-32-28(31-3)33-27-10-7-24(19(2)11-20-5-8-25(30)9-6-20)15-26(27)29-16-21-12-22(17-29)14-23(13-21)18-29/h5-11,15,21-23,28,30H,4,12-14,16-18H2,1-3H3. The Bertz CT molecular complexity index is 971. The summed E-state index contributed by atoms with van der Waals surface area (Å²) in [4.78, 5) is 0. The van der Waals surface area contributed by atoms with E-state index in [2.05, 4.69) is 31.2 Å². The number of benzene rings is 2. The lowest BCUT2D eigenvalue weighted by Gasteiger charge is -2.57. The van der Waals surface area contributed by atoms with Crippen molar-refractivity contribution in [3.05, 3.63) is 59.2 Å². The third kappa shape index (κ3) is 4.56. The summed E-state index contributed by atoms with van der Waals surface area (Å²) in [7, 11) is 1.63. The van der Waals surface area contributed by atoms with Crippen LogP contribution in [0.25, 0.3) is 11.6 Å². The van der Waals surface area contributed by atoms with Crippen LogP contribution in [0.3, 0.4) is 0 Å². The molecule has 0 spiro atoms. The molecular formula is C29H36O4. The van der Waals surface area contributed by atoms with Gasteiger partial charge in [-0.15, -0.1) is 0 Å². The first-order valence-corrected chi connectivity index (χ1v) is 12.4. The van der Waals surface area contributed by atoms with Gasteiger partial charge in [0.25, 0.3) is 0 Å². The van der Waals surface area contributed by atoms with Gasteiger partial charge in [0.15, 0.2) is 0 Å². The van der Waals surface area contributed by atoms with E-state index in [1.807, 2.05) is 19.1 Å². The molecule has 176 valence electrons. The highest BCUT2D eigenvalue weighted by molar-refractivity contribution is 5.81. The number of ether oxygens (including phenoxy) is 3. The molecule has 2 aromatic carbocycles. The van der Waals surface area contributed by atoms with Gasteiger partial charge < -0.3 is 19.3 Å². The van der Waals surface area contributed by atoms with Crippen LogP contribution in [0.2, 0.25) is 0 Å². The van der Waals surface area contributed by atoms with Crippen molar-refractivity contribution in [1.29, 1.82) is 0 Å². The zero-order valence-corrected chi connectivity index (χ0v) is 20.0. The molecular weight excluding hydrogens is 412 g/mol. The lowest BCUT2D eigenvalue weighted by atomic mass is 9.48. The van der Waals surface area contributed by atoms with E-state index in [0.717, 1.165) is 29.1 Å². The molecule has 4 saturated carbocycles. The molecule has 4 nitrogen and oxygen atoms in total. The first kappa shape index (κ1) is 22.5. The van der Waals surface area contributed by atoms with E-state index in [0.29, 0.717) is 6.61 Å². The topological polar surface area (TPSA) is 47.9 Å². The van der Waals surface area contributed by atoms with Crippen LogP contribution in [0.5, 0.6) is 11.5 Å². The quantitative estimate of drug-likeness (QED) is 0.358. The Balaban J connectivity index is 1.53. The minimum absolute atomic E-state index is 0.198. The number of methoxy groups -OCH3 is 1. The van der Waals surface area contributed by atoms with Crippen LogP contribution in [0.4, 0.5) is 0 Å². The normalized spacial score (nSPS) is 29.3. The third-order valence-corrected chi connectivity index (χ3v) is 8.04. The van der Waals surface area contributed by atoms with Crippen molar-refractivity contribution in [2.75, 3.05) is 13.7 Å². The van der Waals surface area contributed by atoms with Gasteiger partial charge in [-0.3, -0.25) is 0 Å². The molecule has 1 unspecified atom stereocenters. The van der Waals surface area contributed by atoms with Gasteiger partial charge in [-0.05, 0) is 117 Å². The highest BCUT2D eigenvalue weighted by Crippen LogP contribution is 2.62. The summed E-state index contributed by atoms with van der Waals surface area (Å²) in [5.41, 5.74) is 5.03. The van der Waals surface area contributed by atoms with Gasteiger partial charge >= 0.3 is 6.48 Å². The Labute approximate surface area is 197 Å². The summed E-state index contributed by atoms with van der Waals surface area (Å²) in [6.07, 6.45) is 10.2. The zero-order chi connectivity index (χ0) is 23.0. The van der Waals surface area contributed by atoms with Crippen LogP contribution in [-0.4, -0.2) is 25.3 Å². The summed E-state index contributed by atoms with van der Waals surface area (Å²) in [5.74, 6) is 3.75. The molecule has 4 bridgehead atoms. The minimum atomic E-state index is -0.692. The molecule has 4 fully saturated rings. The Hall–Kier alpha value is -2.30. The molecule has 4 heteroatoms. The Morgan fingerprint density at radius 2 is 1.67 bits per heavy atom. The molecule has 4 aliphatic rings. The first-order chi connectivity index (χ1) is 16.0. The minimum Gasteiger partial charge on any atom is -0.508 e. The van der Waals surface area contributed by atoms with Crippen molar-refractivity contribution in [2.24, 2.45) is 17.8 Å². The summed E-state index contributed by atoms with van der Waals surface area (Å²) >= 11 is 0. The van der Waals surface area contributed by atoms with E-state index in [1.54, 1.807) is 19.2 Å². The summed E-state index contributed by atoms with van der Waals surface area (Å²) < 4.78 is 17.4. The van der Waals surface area contributed by atoms with Gasteiger partial charge in [0.05, 0.1) is 6.61 Å². The monoisotopic (exact) mass is 448 g/mol. The number of phenols is 1. The van der Waals surface area contributed by atoms with Crippen molar-refractivity contribution in [3.63, 3.8) is 0 Å². The molecule has 0 saturated heterocycles. The fraction of sp³-hybridized carbons (Fsp3) is 0.517. The number of phenolic OH excluding ortho intramolecular Hbond substituents is 1. The maximum atomic E-state index is 9.60. The molecule has 0 aromatic heterocycles. The second-order valence-corrected chi connectivity index (χ2v) is 10.4. The van der Waals surface area contributed by atoms with Crippen molar-refractivity contribution in [2.45, 2.75) is 64.3 Å². The van der Waals surface area contributed by atoms with E-state index < -0.39 is 6.48 Å². The molecule has 1 atom stereocenters. The van der Waals surface area contributed by atoms with E-state index in [-0.39, 0.29) is 11.2 Å². The van der Waals surface area contributed by atoms with E-state index in [4.69, 9.17) is 14.2 Å². The maximum absolute atomic E-state index is 9.60. The molecule has 1 N–H and O–H groups in total. The Morgan fingerprint density at radius 1 is 1.03 bits per heavy atom. The summed E-state index contributed by atoms with van der Waals surface area (Å²) in [5, 5.41) is 9.60. The highest BCUT2D eigenvalue weighted by atomic mass is 16.8. The van der Waals surface area contributed by atoms with Crippen molar-refractivity contribution < 1.29 is 19.3 Å². The van der Waals surface area contributed by atoms with Gasteiger partial charge in [0.1, 0.15) is 11.5 Å². The Kier molecular flexibility index (Phi) is 6.24. The van der Waals surface area contributed by atoms with Crippen LogP contribution in [0.15, 0.2) is 42.5 Å². The van der Waals surface area contributed by atoms with Crippen molar-refractivity contribution >= 4 is 11.6 Å². The van der Waals surface area contributed by atoms with Crippen LogP contribution in [0, 0.1) is 17.8 Å². The predicted octanol–water partition coefficient (Wildman–Crippen LogP) is 6.77. The van der Waals surface area contributed by atoms with Crippen molar-refractivity contribution in [3.8, 4) is 11.5 Å². The lowest BCUT2D eigenvalue weighted by molar-refractivity contribution is -0.231. The van der Waals surface area contributed by atoms with Crippen molar-refractivity contribution in [1.82, 2.24) is 0 Å². The second kappa shape index (κ2) is 9.15. The zero-order valence-electron chi connectivity index (χ0n) is 20.0. The van der Waals surface area contributed by atoms with E-state index in [9.17, 15) is 5.11 Å². The maximum Gasteiger partial charge on any atom is 0.315 e. The average Bonchev–Trinajstić information content (AvgIpc) is 2.79. The second-order valence-electron chi connectivity index (χ2n) is 10.4.